The topological polar surface area (TPSA) is 86.3 Å². The van der Waals surface area contributed by atoms with E-state index in [1.807, 2.05) is 0 Å². The van der Waals surface area contributed by atoms with Crippen molar-refractivity contribution in [2.45, 2.75) is 6.54 Å². The summed E-state index contributed by atoms with van der Waals surface area (Å²) in [5.74, 6) is -0.888. The minimum Gasteiger partial charge on any atom is -0.464 e. The molecule has 0 bridgehead atoms. The number of nitrogens with one attached hydrogen (secondary N) is 1. The molecule has 0 aliphatic rings. The van der Waals surface area contributed by atoms with Gasteiger partial charge in [-0.3, -0.25) is 4.79 Å². The van der Waals surface area contributed by atoms with Gasteiger partial charge in [-0.05, 0) is 18.2 Å². The van der Waals surface area contributed by atoms with Gasteiger partial charge in [-0.2, -0.15) is 0 Å². The number of hydrogen-bond acceptors (Lipinski definition) is 4. The SMILES string of the molecule is COC(=O)c1cc(N)cn1CC(=O)Nc1ccccc1Cl. The molecule has 7 heteroatoms. The Morgan fingerprint density at radius 2 is 2.10 bits per heavy atom. The lowest BCUT2D eigenvalue weighted by Crippen LogP contribution is -2.21. The number of nitrogen functional groups attached to an aromatic ring is 1. The lowest BCUT2D eigenvalue weighted by molar-refractivity contribution is -0.116. The number of anilines is 2. The van der Waals surface area contributed by atoms with Gasteiger partial charge in [0.25, 0.3) is 0 Å². The summed E-state index contributed by atoms with van der Waals surface area (Å²) in [6.07, 6.45) is 1.50. The Bertz CT molecular complexity index is 682. The normalized spacial score (nSPS) is 10.2. The smallest absolute Gasteiger partial charge is 0.354 e. The number of carbonyl (C=O) groups excluding carboxylic acids is 2. The number of rotatable bonds is 4. The van der Waals surface area contributed by atoms with Crippen LogP contribution >= 0.6 is 11.6 Å². The van der Waals surface area contributed by atoms with Crippen LogP contribution in [0.3, 0.4) is 0 Å². The van der Waals surface area contributed by atoms with Gasteiger partial charge in [0.2, 0.25) is 5.91 Å². The monoisotopic (exact) mass is 307 g/mol. The highest BCUT2D eigenvalue weighted by atomic mass is 35.5. The molecule has 1 aromatic carbocycles. The summed E-state index contributed by atoms with van der Waals surface area (Å²) in [5.41, 5.74) is 6.73. The molecule has 2 rings (SSSR count). The van der Waals surface area contributed by atoms with Crippen LogP contribution in [0.1, 0.15) is 10.5 Å². The molecule has 1 heterocycles. The average molecular weight is 308 g/mol. The van der Waals surface area contributed by atoms with Crippen LogP contribution in [0, 0.1) is 0 Å². The highest BCUT2D eigenvalue weighted by Crippen LogP contribution is 2.20. The van der Waals surface area contributed by atoms with Crippen molar-refractivity contribution in [2.75, 3.05) is 18.2 Å². The minimum absolute atomic E-state index is 0.0765. The van der Waals surface area contributed by atoms with Gasteiger partial charge >= 0.3 is 5.97 Å². The lowest BCUT2D eigenvalue weighted by Gasteiger charge is -2.09. The number of para-hydroxylation sites is 1. The summed E-state index contributed by atoms with van der Waals surface area (Å²) >= 11 is 5.96. The largest absolute Gasteiger partial charge is 0.464 e. The Hall–Kier alpha value is -2.47. The number of aromatic nitrogens is 1. The third-order valence-corrected chi connectivity index (χ3v) is 3.10. The predicted octanol–water partition coefficient (Wildman–Crippen LogP) is 2.15. The zero-order chi connectivity index (χ0) is 15.4. The van der Waals surface area contributed by atoms with Crippen LogP contribution in [0.5, 0.6) is 0 Å². The van der Waals surface area contributed by atoms with Crippen LogP contribution in [0.25, 0.3) is 0 Å². The number of ether oxygens (including phenoxy) is 1. The molecule has 0 radical (unpaired) electrons. The second-order valence-corrected chi connectivity index (χ2v) is 4.71. The van der Waals surface area contributed by atoms with Gasteiger partial charge in [-0.15, -0.1) is 0 Å². The minimum atomic E-state index is -0.558. The van der Waals surface area contributed by atoms with Gasteiger partial charge in [-0.25, -0.2) is 4.79 Å². The van der Waals surface area contributed by atoms with Crippen LogP contribution in [0.4, 0.5) is 11.4 Å². The van der Waals surface area contributed by atoms with Crippen LogP contribution < -0.4 is 11.1 Å². The Morgan fingerprint density at radius 3 is 2.76 bits per heavy atom. The molecular weight excluding hydrogens is 294 g/mol. The predicted molar refractivity (Wildman–Crippen MR) is 80.3 cm³/mol. The van der Waals surface area contributed by atoms with Crippen LogP contribution in [0.15, 0.2) is 36.5 Å². The fraction of sp³-hybridized carbons (Fsp3) is 0.143. The molecule has 110 valence electrons. The molecule has 1 amide bonds. The van der Waals surface area contributed by atoms with Crippen molar-refractivity contribution in [1.29, 1.82) is 0 Å². The molecule has 21 heavy (non-hydrogen) atoms. The Balaban J connectivity index is 2.13. The summed E-state index contributed by atoms with van der Waals surface area (Å²) in [6.45, 7) is -0.0765. The molecule has 0 aliphatic carbocycles. The van der Waals surface area contributed by atoms with Crippen molar-refractivity contribution in [1.82, 2.24) is 4.57 Å². The van der Waals surface area contributed by atoms with Gasteiger partial charge in [0.15, 0.2) is 0 Å². The molecule has 1 aromatic heterocycles. The molecule has 0 fully saturated rings. The Morgan fingerprint density at radius 1 is 1.38 bits per heavy atom. The maximum Gasteiger partial charge on any atom is 0.354 e. The third kappa shape index (κ3) is 3.55. The zero-order valence-corrected chi connectivity index (χ0v) is 12.1. The van der Waals surface area contributed by atoms with E-state index in [0.29, 0.717) is 16.4 Å². The molecule has 3 N–H and O–H groups in total. The van der Waals surface area contributed by atoms with Crippen LogP contribution in [0.2, 0.25) is 5.02 Å². The lowest BCUT2D eigenvalue weighted by atomic mass is 10.3. The molecule has 0 unspecified atom stereocenters. The summed E-state index contributed by atoms with van der Waals surface area (Å²) in [5, 5.41) is 3.10. The first-order chi connectivity index (χ1) is 10.0. The number of carbonyl (C=O) groups is 2. The fourth-order valence-corrected chi connectivity index (χ4v) is 2.03. The molecular formula is C14H14ClN3O3. The number of nitrogens with zero attached hydrogens (tertiary/aromatic N) is 1. The van der Waals surface area contributed by atoms with Crippen LogP contribution in [-0.4, -0.2) is 23.6 Å². The molecule has 0 spiro atoms. The molecule has 2 aromatic rings. The Kier molecular flexibility index (Phi) is 4.49. The number of halogens is 1. The van der Waals surface area contributed by atoms with E-state index in [-0.39, 0.29) is 18.1 Å². The molecule has 6 nitrogen and oxygen atoms in total. The van der Waals surface area contributed by atoms with Gasteiger partial charge in [0.05, 0.1) is 23.5 Å². The van der Waals surface area contributed by atoms with E-state index in [2.05, 4.69) is 10.1 Å². The number of nitrogens with two attached hydrogens (primary N) is 1. The maximum atomic E-state index is 12.0. The summed E-state index contributed by atoms with van der Waals surface area (Å²) < 4.78 is 6.07. The second kappa shape index (κ2) is 6.32. The van der Waals surface area contributed by atoms with Crippen LogP contribution in [-0.2, 0) is 16.1 Å². The van der Waals surface area contributed by atoms with Crippen molar-refractivity contribution >= 4 is 34.9 Å². The number of methoxy groups -OCH3 is 1. The number of benzene rings is 1. The first-order valence-electron chi connectivity index (χ1n) is 6.09. The second-order valence-electron chi connectivity index (χ2n) is 4.31. The van der Waals surface area contributed by atoms with E-state index in [4.69, 9.17) is 17.3 Å². The van der Waals surface area contributed by atoms with Gasteiger partial charge < -0.3 is 20.4 Å². The van der Waals surface area contributed by atoms with Crippen molar-refractivity contribution in [3.05, 3.63) is 47.2 Å². The molecule has 0 saturated heterocycles. The number of hydrogen-bond donors (Lipinski definition) is 2. The highest BCUT2D eigenvalue weighted by Gasteiger charge is 2.15. The zero-order valence-electron chi connectivity index (χ0n) is 11.3. The Labute approximate surface area is 126 Å². The van der Waals surface area contributed by atoms with Crippen molar-refractivity contribution in [3.63, 3.8) is 0 Å². The van der Waals surface area contributed by atoms with E-state index in [0.717, 1.165) is 0 Å². The average Bonchev–Trinajstić information content (AvgIpc) is 2.81. The standard InChI is InChI=1S/C14H14ClN3O3/c1-21-14(20)12-6-9(16)7-18(12)8-13(19)17-11-5-3-2-4-10(11)15/h2-7H,8,16H2,1H3,(H,17,19). The highest BCUT2D eigenvalue weighted by molar-refractivity contribution is 6.33. The quantitative estimate of drug-likeness (QED) is 0.847. The summed E-state index contributed by atoms with van der Waals surface area (Å²) in [6, 6.07) is 8.33. The van der Waals surface area contributed by atoms with Crippen molar-refractivity contribution < 1.29 is 14.3 Å². The van der Waals surface area contributed by atoms with E-state index >= 15 is 0 Å². The number of amides is 1. The van der Waals surface area contributed by atoms with Gasteiger partial charge in [0, 0.05) is 6.20 Å². The fourth-order valence-electron chi connectivity index (χ4n) is 1.85. The van der Waals surface area contributed by atoms with Crippen molar-refractivity contribution in [3.8, 4) is 0 Å². The van der Waals surface area contributed by atoms with E-state index in [9.17, 15) is 9.59 Å². The van der Waals surface area contributed by atoms with Gasteiger partial charge in [-0.1, -0.05) is 23.7 Å². The third-order valence-electron chi connectivity index (χ3n) is 2.77. The molecule has 0 atom stereocenters. The molecule has 0 saturated carbocycles. The first-order valence-corrected chi connectivity index (χ1v) is 6.47. The first kappa shape index (κ1) is 14.9. The summed E-state index contributed by atoms with van der Waals surface area (Å²) in [4.78, 5) is 23.6. The maximum absolute atomic E-state index is 12.0. The summed E-state index contributed by atoms with van der Waals surface area (Å²) in [7, 11) is 1.26. The van der Waals surface area contributed by atoms with E-state index in [1.54, 1.807) is 24.3 Å². The van der Waals surface area contributed by atoms with E-state index in [1.165, 1.54) is 23.9 Å². The number of esters is 1. The van der Waals surface area contributed by atoms with Crippen molar-refractivity contribution in [2.24, 2.45) is 0 Å². The molecule has 0 aliphatic heterocycles. The van der Waals surface area contributed by atoms with E-state index < -0.39 is 5.97 Å². The van der Waals surface area contributed by atoms with Gasteiger partial charge in [0.1, 0.15) is 12.2 Å².